The van der Waals surface area contributed by atoms with E-state index in [0.717, 1.165) is 18.6 Å². The van der Waals surface area contributed by atoms with Gasteiger partial charge in [-0.1, -0.05) is 36.2 Å². The molecule has 2 rings (SSSR count). The fourth-order valence-corrected chi connectivity index (χ4v) is 2.63. The highest BCUT2D eigenvalue weighted by Gasteiger charge is 2.39. The van der Waals surface area contributed by atoms with Crippen LogP contribution in [0.2, 0.25) is 0 Å². The second kappa shape index (κ2) is 6.97. The zero-order valence-electron chi connectivity index (χ0n) is 11.9. The molecule has 1 saturated carbocycles. The van der Waals surface area contributed by atoms with Crippen molar-refractivity contribution in [1.82, 2.24) is 5.32 Å². The summed E-state index contributed by atoms with van der Waals surface area (Å²) >= 11 is 0. The molecule has 1 fully saturated rings. The summed E-state index contributed by atoms with van der Waals surface area (Å²) in [4.78, 5) is 12.0. The number of carbonyl (C=O) groups excluding carboxylic acids is 1. The van der Waals surface area contributed by atoms with Gasteiger partial charge in [0.2, 0.25) is 5.91 Å². The number of nitrogens with two attached hydrogens (primary N) is 1. The van der Waals surface area contributed by atoms with E-state index in [1.54, 1.807) is 0 Å². The van der Waals surface area contributed by atoms with Gasteiger partial charge in [-0.05, 0) is 25.0 Å². The van der Waals surface area contributed by atoms with Crippen molar-refractivity contribution in [2.75, 3.05) is 6.61 Å². The predicted molar refractivity (Wildman–Crippen MR) is 79.3 cm³/mol. The topological polar surface area (TPSA) is 96.9 Å². The minimum absolute atomic E-state index is 0.0809. The molecule has 0 radical (unpaired) electrons. The molecule has 6 nitrogen and oxygen atoms in total. The Hall–Kier alpha value is -2.24. The first kappa shape index (κ1) is 15.2. The third-order valence-electron chi connectivity index (χ3n) is 3.77. The van der Waals surface area contributed by atoms with Crippen LogP contribution in [0.15, 0.2) is 35.5 Å². The van der Waals surface area contributed by atoms with Crippen LogP contribution in [0.4, 0.5) is 0 Å². The van der Waals surface area contributed by atoms with Crippen molar-refractivity contribution in [2.45, 2.75) is 37.6 Å². The third-order valence-corrected chi connectivity index (χ3v) is 3.77. The summed E-state index contributed by atoms with van der Waals surface area (Å²) in [5.41, 5.74) is 5.04. The summed E-state index contributed by atoms with van der Waals surface area (Å²) in [5, 5.41) is 14.9. The predicted octanol–water partition coefficient (Wildman–Crippen LogP) is 1.63. The maximum absolute atomic E-state index is 12.0. The Morgan fingerprint density at radius 2 is 2.00 bits per heavy atom. The molecule has 1 aromatic carbocycles. The van der Waals surface area contributed by atoms with E-state index < -0.39 is 5.54 Å². The SMILES string of the molecule is N/C(=N/O)C1(NC(=O)CCOc2ccccc2)CCCC1. The van der Waals surface area contributed by atoms with E-state index in [0.29, 0.717) is 19.4 Å². The first-order chi connectivity index (χ1) is 10.2. The Balaban J connectivity index is 1.83. The number of hydrogen-bond acceptors (Lipinski definition) is 4. The van der Waals surface area contributed by atoms with E-state index in [4.69, 9.17) is 15.7 Å². The summed E-state index contributed by atoms with van der Waals surface area (Å²) < 4.78 is 5.49. The zero-order valence-corrected chi connectivity index (χ0v) is 11.9. The molecule has 1 aliphatic rings. The molecule has 6 heteroatoms. The van der Waals surface area contributed by atoms with Crippen LogP contribution in [0.25, 0.3) is 0 Å². The Morgan fingerprint density at radius 3 is 2.62 bits per heavy atom. The first-order valence-electron chi connectivity index (χ1n) is 7.13. The van der Waals surface area contributed by atoms with Crippen LogP contribution >= 0.6 is 0 Å². The van der Waals surface area contributed by atoms with E-state index in [2.05, 4.69) is 10.5 Å². The number of oxime groups is 1. The average molecular weight is 291 g/mol. The van der Waals surface area contributed by atoms with Crippen molar-refractivity contribution in [1.29, 1.82) is 0 Å². The summed E-state index contributed by atoms with van der Waals surface area (Å²) in [7, 11) is 0. The normalized spacial score (nSPS) is 17.4. The molecule has 1 aromatic rings. The molecular weight excluding hydrogens is 270 g/mol. The number of carbonyl (C=O) groups is 1. The van der Waals surface area contributed by atoms with E-state index in [1.807, 2.05) is 30.3 Å². The molecule has 0 unspecified atom stereocenters. The van der Waals surface area contributed by atoms with E-state index in [-0.39, 0.29) is 18.2 Å². The Kier molecular flexibility index (Phi) is 5.03. The number of rotatable bonds is 6. The molecule has 21 heavy (non-hydrogen) atoms. The lowest BCUT2D eigenvalue weighted by atomic mass is 9.96. The second-order valence-electron chi connectivity index (χ2n) is 5.23. The number of nitrogens with zero attached hydrogens (tertiary/aromatic N) is 1. The van der Waals surface area contributed by atoms with Crippen molar-refractivity contribution in [3.8, 4) is 5.75 Å². The lowest BCUT2D eigenvalue weighted by molar-refractivity contribution is -0.122. The summed E-state index contributed by atoms with van der Waals surface area (Å²) in [6.07, 6.45) is 3.55. The number of amides is 1. The quantitative estimate of drug-likeness (QED) is 0.321. The fourth-order valence-electron chi connectivity index (χ4n) is 2.63. The van der Waals surface area contributed by atoms with Crippen LogP contribution in [0.5, 0.6) is 5.75 Å². The third kappa shape index (κ3) is 3.87. The largest absolute Gasteiger partial charge is 0.493 e. The van der Waals surface area contributed by atoms with E-state index in [9.17, 15) is 4.79 Å². The van der Waals surface area contributed by atoms with Gasteiger partial charge in [-0.3, -0.25) is 4.79 Å². The van der Waals surface area contributed by atoms with Crippen LogP contribution < -0.4 is 15.8 Å². The van der Waals surface area contributed by atoms with Crippen LogP contribution in [0.3, 0.4) is 0 Å². The van der Waals surface area contributed by atoms with Gasteiger partial charge in [-0.15, -0.1) is 0 Å². The van der Waals surface area contributed by atoms with Crippen LogP contribution in [-0.2, 0) is 4.79 Å². The fraction of sp³-hybridized carbons (Fsp3) is 0.467. The minimum atomic E-state index is -0.696. The molecule has 0 saturated heterocycles. The molecule has 0 heterocycles. The van der Waals surface area contributed by atoms with Gasteiger partial charge in [0.1, 0.15) is 11.3 Å². The molecular formula is C15H21N3O3. The number of ether oxygens (including phenoxy) is 1. The van der Waals surface area contributed by atoms with Crippen LogP contribution in [-0.4, -0.2) is 29.1 Å². The monoisotopic (exact) mass is 291 g/mol. The van der Waals surface area contributed by atoms with Crippen LogP contribution in [0.1, 0.15) is 32.1 Å². The van der Waals surface area contributed by atoms with Gasteiger partial charge in [0.25, 0.3) is 0 Å². The maximum Gasteiger partial charge on any atom is 0.224 e. The molecule has 0 atom stereocenters. The van der Waals surface area contributed by atoms with Crippen molar-refractivity contribution in [3.63, 3.8) is 0 Å². The first-order valence-corrected chi connectivity index (χ1v) is 7.13. The number of amidine groups is 1. The Bertz CT molecular complexity index is 496. The highest BCUT2D eigenvalue weighted by molar-refractivity contribution is 5.94. The van der Waals surface area contributed by atoms with Gasteiger partial charge in [0, 0.05) is 0 Å². The van der Waals surface area contributed by atoms with Gasteiger partial charge in [-0.25, -0.2) is 0 Å². The van der Waals surface area contributed by atoms with Crippen molar-refractivity contribution in [2.24, 2.45) is 10.9 Å². The lowest BCUT2D eigenvalue weighted by Crippen LogP contribution is -2.55. The number of hydrogen-bond donors (Lipinski definition) is 3. The van der Waals surface area contributed by atoms with Gasteiger partial charge < -0.3 is 21.0 Å². The minimum Gasteiger partial charge on any atom is -0.493 e. The molecule has 114 valence electrons. The van der Waals surface area contributed by atoms with Crippen molar-refractivity contribution in [3.05, 3.63) is 30.3 Å². The number of nitrogens with one attached hydrogen (secondary N) is 1. The van der Waals surface area contributed by atoms with Gasteiger partial charge >= 0.3 is 0 Å². The van der Waals surface area contributed by atoms with Gasteiger partial charge in [-0.2, -0.15) is 0 Å². The molecule has 0 aliphatic heterocycles. The Morgan fingerprint density at radius 1 is 1.33 bits per heavy atom. The molecule has 1 amide bonds. The van der Waals surface area contributed by atoms with E-state index in [1.165, 1.54) is 0 Å². The standard InChI is InChI=1S/C15H21N3O3/c16-14(18-20)15(9-4-5-10-15)17-13(19)8-11-21-12-6-2-1-3-7-12/h1-3,6-7,20H,4-5,8-11H2,(H2,16,18)(H,17,19). The number of benzene rings is 1. The highest BCUT2D eigenvalue weighted by atomic mass is 16.5. The van der Waals surface area contributed by atoms with Crippen LogP contribution in [0, 0.1) is 0 Å². The number of para-hydroxylation sites is 1. The summed E-state index contributed by atoms with van der Waals surface area (Å²) in [6.45, 7) is 0.294. The van der Waals surface area contributed by atoms with Gasteiger partial charge in [0.05, 0.1) is 13.0 Å². The highest BCUT2D eigenvalue weighted by Crippen LogP contribution is 2.30. The molecule has 4 N–H and O–H groups in total. The molecule has 0 spiro atoms. The van der Waals surface area contributed by atoms with E-state index >= 15 is 0 Å². The molecule has 0 aromatic heterocycles. The zero-order chi connectivity index (χ0) is 15.1. The Labute approximate surface area is 124 Å². The molecule has 0 bridgehead atoms. The smallest absolute Gasteiger partial charge is 0.224 e. The van der Waals surface area contributed by atoms with Crippen molar-refractivity contribution >= 4 is 11.7 Å². The lowest BCUT2D eigenvalue weighted by Gasteiger charge is -2.28. The average Bonchev–Trinajstić information content (AvgIpc) is 2.97. The maximum atomic E-state index is 12.0. The second-order valence-corrected chi connectivity index (χ2v) is 5.23. The van der Waals surface area contributed by atoms with Gasteiger partial charge in [0.15, 0.2) is 5.84 Å². The summed E-state index contributed by atoms with van der Waals surface area (Å²) in [6, 6.07) is 9.34. The molecule has 1 aliphatic carbocycles. The van der Waals surface area contributed by atoms with Crippen molar-refractivity contribution < 1.29 is 14.7 Å². The summed E-state index contributed by atoms with van der Waals surface area (Å²) in [5.74, 6) is 0.661.